The molecule has 98 valence electrons. The molecule has 0 heterocycles. The van der Waals surface area contributed by atoms with E-state index in [0.717, 1.165) is 11.3 Å². The van der Waals surface area contributed by atoms with Gasteiger partial charge in [0.2, 0.25) is 0 Å². The van der Waals surface area contributed by atoms with E-state index in [9.17, 15) is 4.79 Å². The first-order valence-electron chi connectivity index (χ1n) is 6.48. The summed E-state index contributed by atoms with van der Waals surface area (Å²) in [4.78, 5) is 11.5. The standard InChI is InChI=1S/C17H18O2/c1-13(2)17(18)12-19-16-10-8-15(9-11-16)14-6-4-3-5-7-14/h3-11,13H,12H2,1-2H3. The number of benzene rings is 2. The molecule has 0 aromatic heterocycles. The minimum atomic E-state index is 0.0172. The van der Waals surface area contributed by atoms with Gasteiger partial charge in [-0.25, -0.2) is 0 Å². The Morgan fingerprint density at radius 1 is 0.947 bits per heavy atom. The molecule has 2 rings (SSSR count). The largest absolute Gasteiger partial charge is 0.486 e. The van der Waals surface area contributed by atoms with Crippen LogP contribution in [0.15, 0.2) is 54.6 Å². The van der Waals surface area contributed by atoms with Crippen molar-refractivity contribution < 1.29 is 9.53 Å². The van der Waals surface area contributed by atoms with E-state index in [1.807, 2.05) is 56.3 Å². The molecule has 2 heteroatoms. The summed E-state index contributed by atoms with van der Waals surface area (Å²) >= 11 is 0. The summed E-state index contributed by atoms with van der Waals surface area (Å²) in [6, 6.07) is 18.0. The van der Waals surface area contributed by atoms with E-state index in [-0.39, 0.29) is 18.3 Å². The average molecular weight is 254 g/mol. The van der Waals surface area contributed by atoms with Crippen molar-refractivity contribution in [3.8, 4) is 16.9 Å². The lowest BCUT2D eigenvalue weighted by Gasteiger charge is -2.08. The Morgan fingerprint density at radius 2 is 1.53 bits per heavy atom. The highest BCUT2D eigenvalue weighted by molar-refractivity contribution is 5.81. The van der Waals surface area contributed by atoms with Gasteiger partial charge in [0, 0.05) is 5.92 Å². The number of carbonyl (C=O) groups excluding carboxylic acids is 1. The van der Waals surface area contributed by atoms with Gasteiger partial charge in [-0.3, -0.25) is 4.79 Å². The molecule has 19 heavy (non-hydrogen) atoms. The Balaban J connectivity index is 2.01. The zero-order valence-electron chi connectivity index (χ0n) is 11.3. The van der Waals surface area contributed by atoms with E-state index < -0.39 is 0 Å². The third-order valence-electron chi connectivity index (χ3n) is 2.99. The molecule has 0 N–H and O–H groups in total. The van der Waals surface area contributed by atoms with Crippen LogP contribution in [-0.4, -0.2) is 12.4 Å². The van der Waals surface area contributed by atoms with Crippen LogP contribution in [0.3, 0.4) is 0 Å². The smallest absolute Gasteiger partial charge is 0.172 e. The number of rotatable bonds is 5. The molecule has 2 nitrogen and oxygen atoms in total. The van der Waals surface area contributed by atoms with E-state index in [2.05, 4.69) is 12.1 Å². The molecule has 0 bridgehead atoms. The molecule has 0 saturated carbocycles. The van der Waals surface area contributed by atoms with Gasteiger partial charge in [-0.2, -0.15) is 0 Å². The second-order valence-corrected chi connectivity index (χ2v) is 4.80. The summed E-state index contributed by atoms with van der Waals surface area (Å²) < 4.78 is 5.47. The van der Waals surface area contributed by atoms with Crippen LogP contribution < -0.4 is 4.74 Å². The number of hydrogen-bond donors (Lipinski definition) is 0. The number of hydrogen-bond acceptors (Lipinski definition) is 2. The normalized spacial score (nSPS) is 10.5. The molecule has 0 spiro atoms. The molecule has 0 unspecified atom stereocenters. The monoisotopic (exact) mass is 254 g/mol. The summed E-state index contributed by atoms with van der Waals surface area (Å²) in [5.74, 6) is 0.865. The lowest BCUT2D eigenvalue weighted by molar-refractivity contribution is -0.123. The Morgan fingerprint density at radius 3 is 2.11 bits per heavy atom. The van der Waals surface area contributed by atoms with Crippen LogP contribution in [0.2, 0.25) is 0 Å². The number of Topliss-reactive ketones (excluding diaryl/α,β-unsaturated/α-hetero) is 1. The molecule has 0 aliphatic heterocycles. The van der Waals surface area contributed by atoms with Gasteiger partial charge >= 0.3 is 0 Å². The fourth-order valence-corrected chi connectivity index (χ4v) is 1.70. The van der Waals surface area contributed by atoms with Crippen molar-refractivity contribution >= 4 is 5.78 Å². The third kappa shape index (κ3) is 3.68. The quantitative estimate of drug-likeness (QED) is 0.807. The Hall–Kier alpha value is -2.09. The molecule has 0 radical (unpaired) electrons. The predicted octanol–water partition coefficient (Wildman–Crippen LogP) is 3.96. The van der Waals surface area contributed by atoms with Crippen LogP contribution in [0, 0.1) is 5.92 Å². The van der Waals surface area contributed by atoms with Crippen LogP contribution in [0.1, 0.15) is 13.8 Å². The zero-order chi connectivity index (χ0) is 13.7. The first kappa shape index (κ1) is 13.3. The molecular formula is C17H18O2. The van der Waals surface area contributed by atoms with Crippen LogP contribution in [0.5, 0.6) is 5.75 Å². The summed E-state index contributed by atoms with van der Waals surface area (Å²) in [5, 5.41) is 0. The van der Waals surface area contributed by atoms with Gasteiger partial charge in [0.1, 0.15) is 12.4 Å². The first-order chi connectivity index (χ1) is 9.16. The topological polar surface area (TPSA) is 26.3 Å². The molecular weight excluding hydrogens is 236 g/mol. The molecule has 2 aromatic carbocycles. The molecule has 2 aromatic rings. The Labute approximate surface area is 114 Å². The summed E-state index contributed by atoms with van der Waals surface area (Å²) in [5.41, 5.74) is 2.32. The van der Waals surface area contributed by atoms with Gasteiger partial charge in [0.05, 0.1) is 0 Å². The Kier molecular flexibility index (Phi) is 4.35. The molecule has 0 fully saturated rings. The number of ketones is 1. The van der Waals surface area contributed by atoms with Crippen LogP contribution in [0.25, 0.3) is 11.1 Å². The SMILES string of the molecule is CC(C)C(=O)COc1ccc(-c2ccccc2)cc1. The van der Waals surface area contributed by atoms with Gasteiger partial charge in [0.25, 0.3) is 0 Å². The van der Waals surface area contributed by atoms with Crippen molar-refractivity contribution in [2.45, 2.75) is 13.8 Å². The molecule has 0 aliphatic carbocycles. The summed E-state index contributed by atoms with van der Waals surface area (Å²) in [6.07, 6.45) is 0. The first-order valence-corrected chi connectivity index (χ1v) is 6.48. The lowest BCUT2D eigenvalue weighted by Crippen LogP contribution is -2.16. The highest BCUT2D eigenvalue weighted by Gasteiger charge is 2.07. The fraction of sp³-hybridized carbons (Fsp3) is 0.235. The van der Waals surface area contributed by atoms with Crippen molar-refractivity contribution in [2.75, 3.05) is 6.61 Å². The average Bonchev–Trinajstić information content (AvgIpc) is 2.46. The maximum Gasteiger partial charge on any atom is 0.172 e. The van der Waals surface area contributed by atoms with Gasteiger partial charge < -0.3 is 4.74 Å². The molecule has 0 amide bonds. The van der Waals surface area contributed by atoms with Gasteiger partial charge in [-0.05, 0) is 23.3 Å². The van der Waals surface area contributed by atoms with E-state index in [0.29, 0.717) is 0 Å². The molecule has 0 atom stereocenters. The third-order valence-corrected chi connectivity index (χ3v) is 2.99. The van der Waals surface area contributed by atoms with E-state index >= 15 is 0 Å². The highest BCUT2D eigenvalue weighted by Crippen LogP contribution is 2.22. The van der Waals surface area contributed by atoms with Crippen molar-refractivity contribution in [3.63, 3.8) is 0 Å². The van der Waals surface area contributed by atoms with Gasteiger partial charge in [-0.1, -0.05) is 56.3 Å². The van der Waals surface area contributed by atoms with Crippen molar-refractivity contribution in [1.29, 1.82) is 0 Å². The van der Waals surface area contributed by atoms with Crippen molar-refractivity contribution in [3.05, 3.63) is 54.6 Å². The van der Waals surface area contributed by atoms with Crippen molar-refractivity contribution in [1.82, 2.24) is 0 Å². The fourth-order valence-electron chi connectivity index (χ4n) is 1.70. The van der Waals surface area contributed by atoms with E-state index in [4.69, 9.17) is 4.74 Å². The number of carbonyl (C=O) groups is 1. The second kappa shape index (κ2) is 6.19. The second-order valence-electron chi connectivity index (χ2n) is 4.80. The molecule has 0 saturated heterocycles. The Bertz CT molecular complexity index is 527. The van der Waals surface area contributed by atoms with Crippen LogP contribution in [-0.2, 0) is 4.79 Å². The maximum absolute atomic E-state index is 11.5. The summed E-state index contributed by atoms with van der Waals surface area (Å²) in [7, 11) is 0. The van der Waals surface area contributed by atoms with Gasteiger partial charge in [0.15, 0.2) is 5.78 Å². The van der Waals surface area contributed by atoms with E-state index in [1.54, 1.807) is 0 Å². The zero-order valence-corrected chi connectivity index (χ0v) is 11.3. The minimum absolute atomic E-state index is 0.0172. The van der Waals surface area contributed by atoms with Crippen LogP contribution >= 0.6 is 0 Å². The van der Waals surface area contributed by atoms with Crippen LogP contribution in [0.4, 0.5) is 0 Å². The summed E-state index contributed by atoms with van der Waals surface area (Å²) in [6.45, 7) is 3.90. The van der Waals surface area contributed by atoms with Crippen molar-refractivity contribution in [2.24, 2.45) is 5.92 Å². The predicted molar refractivity (Wildman–Crippen MR) is 77.2 cm³/mol. The lowest BCUT2D eigenvalue weighted by atomic mass is 10.1. The minimum Gasteiger partial charge on any atom is -0.486 e. The van der Waals surface area contributed by atoms with E-state index in [1.165, 1.54) is 5.56 Å². The highest BCUT2D eigenvalue weighted by atomic mass is 16.5. The number of ether oxygens (including phenoxy) is 1. The maximum atomic E-state index is 11.5. The molecule has 0 aliphatic rings. The van der Waals surface area contributed by atoms with Gasteiger partial charge in [-0.15, -0.1) is 0 Å².